The molecule has 0 saturated heterocycles. The summed E-state index contributed by atoms with van der Waals surface area (Å²) in [5.41, 5.74) is 2.61. The van der Waals surface area contributed by atoms with Gasteiger partial charge in [-0.2, -0.15) is 4.99 Å². The summed E-state index contributed by atoms with van der Waals surface area (Å²) in [6, 6.07) is 13.9. The third-order valence-corrected chi connectivity index (χ3v) is 5.22. The molecule has 0 saturated carbocycles. The maximum Gasteiger partial charge on any atom is 0.351 e. The largest absolute Gasteiger partial charge is 0.468 e. The van der Waals surface area contributed by atoms with E-state index in [1.54, 1.807) is 35.0 Å². The molecule has 2 aromatic carbocycles. The van der Waals surface area contributed by atoms with Gasteiger partial charge in [0.15, 0.2) is 0 Å². The van der Waals surface area contributed by atoms with E-state index in [-0.39, 0.29) is 31.2 Å². The maximum atomic E-state index is 12.8. The van der Waals surface area contributed by atoms with Gasteiger partial charge in [-0.3, -0.25) is 14.5 Å². The first kappa shape index (κ1) is 19.8. The number of ether oxygens (including phenoxy) is 1. The van der Waals surface area contributed by atoms with Gasteiger partial charge in [0.1, 0.15) is 12.3 Å². The number of esters is 1. The summed E-state index contributed by atoms with van der Waals surface area (Å²) in [5.74, 6) is -0.791. The number of benzene rings is 2. The number of amides is 3. The van der Waals surface area contributed by atoms with E-state index in [0.29, 0.717) is 5.02 Å². The van der Waals surface area contributed by atoms with Crippen LogP contribution in [0.1, 0.15) is 11.1 Å². The van der Waals surface area contributed by atoms with Crippen molar-refractivity contribution in [3.63, 3.8) is 0 Å². The van der Waals surface area contributed by atoms with Crippen molar-refractivity contribution < 1.29 is 19.1 Å². The van der Waals surface area contributed by atoms with Crippen molar-refractivity contribution in [2.45, 2.75) is 19.5 Å². The molecule has 8 heteroatoms. The molecule has 1 aliphatic rings. The highest BCUT2D eigenvalue weighted by atomic mass is 35.5. The lowest BCUT2D eigenvalue weighted by Gasteiger charge is -2.13. The Morgan fingerprint density at radius 3 is 2.57 bits per heavy atom. The van der Waals surface area contributed by atoms with Crippen molar-refractivity contribution in [2.24, 2.45) is 4.99 Å². The van der Waals surface area contributed by atoms with Crippen LogP contribution in [0.2, 0.25) is 5.02 Å². The van der Waals surface area contributed by atoms with Gasteiger partial charge in [-0.1, -0.05) is 41.9 Å². The number of carbonyl (C=O) groups is 3. The maximum absolute atomic E-state index is 12.8. The minimum Gasteiger partial charge on any atom is -0.468 e. The highest BCUT2D eigenvalue weighted by molar-refractivity contribution is 6.46. The van der Waals surface area contributed by atoms with E-state index < -0.39 is 11.9 Å². The normalized spacial score (nSPS) is 13.8. The molecule has 0 aliphatic carbocycles. The minimum atomic E-state index is -0.580. The molecule has 0 atom stereocenters. The molecule has 7 nitrogen and oxygen atoms in total. The number of rotatable bonds is 6. The topological polar surface area (TPSA) is 81.0 Å². The molecule has 1 aromatic heterocycles. The van der Waals surface area contributed by atoms with Crippen LogP contribution in [0.25, 0.3) is 10.9 Å². The number of hydrogen-bond donors (Lipinski definition) is 0. The molecule has 0 bridgehead atoms. The Balaban J connectivity index is 1.57. The molecule has 152 valence electrons. The van der Waals surface area contributed by atoms with Gasteiger partial charge < -0.3 is 9.30 Å². The van der Waals surface area contributed by atoms with Crippen LogP contribution in [0.5, 0.6) is 0 Å². The van der Waals surface area contributed by atoms with Gasteiger partial charge in [0.25, 0.3) is 5.91 Å². The number of carbonyl (C=O) groups excluding carboxylic acids is 3. The van der Waals surface area contributed by atoms with Crippen molar-refractivity contribution in [1.82, 2.24) is 9.47 Å². The lowest BCUT2D eigenvalue weighted by Crippen LogP contribution is -2.32. The highest BCUT2D eigenvalue weighted by Crippen LogP contribution is 2.24. The van der Waals surface area contributed by atoms with Crippen LogP contribution in [0, 0.1) is 0 Å². The van der Waals surface area contributed by atoms with Crippen molar-refractivity contribution in [3.8, 4) is 0 Å². The van der Waals surface area contributed by atoms with E-state index in [1.807, 2.05) is 24.3 Å². The molecule has 0 N–H and O–H groups in total. The van der Waals surface area contributed by atoms with Gasteiger partial charge in [0, 0.05) is 28.5 Å². The number of aliphatic imine (C=N–C) groups is 1. The second kappa shape index (κ2) is 8.12. The molecular weight excluding hydrogens is 406 g/mol. The highest BCUT2D eigenvalue weighted by Gasteiger charge is 2.33. The Bertz CT molecular complexity index is 1180. The number of fused-ring (bicyclic) bond motifs is 1. The first-order valence-corrected chi connectivity index (χ1v) is 9.65. The van der Waals surface area contributed by atoms with E-state index in [0.717, 1.165) is 26.9 Å². The number of para-hydroxylation sites is 1. The summed E-state index contributed by atoms with van der Waals surface area (Å²) < 4.78 is 6.53. The van der Waals surface area contributed by atoms with Crippen LogP contribution < -0.4 is 0 Å². The van der Waals surface area contributed by atoms with Crippen molar-refractivity contribution in [2.75, 3.05) is 7.11 Å². The minimum absolute atomic E-state index is 0.0546. The molecule has 2 heterocycles. The van der Waals surface area contributed by atoms with E-state index in [1.165, 1.54) is 7.11 Å². The lowest BCUT2D eigenvalue weighted by atomic mass is 10.1. The summed E-state index contributed by atoms with van der Waals surface area (Å²) in [7, 11) is 1.34. The third-order valence-electron chi connectivity index (χ3n) is 4.96. The Labute approximate surface area is 177 Å². The number of nitrogens with zero attached hydrogens (tertiary/aromatic N) is 3. The standard InChI is InChI=1S/C22H18ClN3O4/c1-30-20(27)13-25-12-15(17-4-2-3-5-19(17)25)10-18-21(28)26(22(29)24-18)11-14-6-8-16(23)9-7-14/h2-9,12H,10-11,13H2,1H3. The fourth-order valence-corrected chi connectivity index (χ4v) is 3.60. The molecule has 30 heavy (non-hydrogen) atoms. The van der Waals surface area contributed by atoms with Gasteiger partial charge in [-0.25, -0.2) is 4.79 Å². The van der Waals surface area contributed by atoms with Crippen molar-refractivity contribution >= 4 is 46.1 Å². The third kappa shape index (κ3) is 3.84. The zero-order chi connectivity index (χ0) is 21.3. The van der Waals surface area contributed by atoms with Crippen LogP contribution in [0.4, 0.5) is 4.79 Å². The number of urea groups is 1. The molecule has 0 fully saturated rings. The van der Waals surface area contributed by atoms with E-state index >= 15 is 0 Å². The number of hydrogen-bond acceptors (Lipinski definition) is 4. The molecule has 3 amide bonds. The predicted molar refractivity (Wildman–Crippen MR) is 112 cm³/mol. The quantitative estimate of drug-likeness (QED) is 0.567. The van der Waals surface area contributed by atoms with Crippen LogP contribution >= 0.6 is 11.6 Å². The first-order chi connectivity index (χ1) is 14.5. The van der Waals surface area contributed by atoms with Crippen molar-refractivity contribution in [1.29, 1.82) is 0 Å². The molecule has 0 radical (unpaired) electrons. The molecular formula is C22H18ClN3O4. The Morgan fingerprint density at radius 2 is 1.83 bits per heavy atom. The average molecular weight is 424 g/mol. The second-order valence-electron chi connectivity index (χ2n) is 6.91. The van der Waals surface area contributed by atoms with Gasteiger partial charge in [-0.05, 0) is 29.3 Å². The number of methoxy groups -OCH3 is 1. The van der Waals surface area contributed by atoms with Crippen LogP contribution in [-0.4, -0.2) is 40.2 Å². The fraction of sp³-hybridized carbons (Fsp3) is 0.182. The van der Waals surface area contributed by atoms with Gasteiger partial charge >= 0.3 is 12.0 Å². The Hall–Kier alpha value is -3.45. The van der Waals surface area contributed by atoms with E-state index in [4.69, 9.17) is 16.3 Å². The van der Waals surface area contributed by atoms with Crippen LogP contribution in [-0.2, 0) is 33.8 Å². The Morgan fingerprint density at radius 1 is 1.10 bits per heavy atom. The van der Waals surface area contributed by atoms with Gasteiger partial charge in [-0.15, -0.1) is 0 Å². The summed E-state index contributed by atoms with van der Waals surface area (Å²) in [6.45, 7) is 0.186. The fourth-order valence-electron chi connectivity index (χ4n) is 3.47. The number of imide groups is 1. The van der Waals surface area contributed by atoms with Crippen molar-refractivity contribution in [3.05, 3.63) is 70.9 Å². The summed E-state index contributed by atoms with van der Waals surface area (Å²) in [5, 5.41) is 1.47. The average Bonchev–Trinajstić information content (AvgIpc) is 3.22. The second-order valence-corrected chi connectivity index (χ2v) is 7.35. The number of aromatic nitrogens is 1. The van der Waals surface area contributed by atoms with Crippen LogP contribution in [0.3, 0.4) is 0 Å². The van der Waals surface area contributed by atoms with E-state index in [9.17, 15) is 14.4 Å². The first-order valence-electron chi connectivity index (χ1n) is 9.27. The predicted octanol–water partition coefficient (Wildman–Crippen LogP) is 3.61. The van der Waals surface area contributed by atoms with Gasteiger partial charge in [0.2, 0.25) is 0 Å². The number of halogens is 1. The SMILES string of the molecule is COC(=O)Cn1cc(CC2=NC(=O)N(Cc3ccc(Cl)cc3)C2=O)c2ccccc21. The molecule has 3 aromatic rings. The lowest BCUT2D eigenvalue weighted by molar-refractivity contribution is -0.141. The molecule has 0 unspecified atom stereocenters. The zero-order valence-corrected chi connectivity index (χ0v) is 16.9. The van der Waals surface area contributed by atoms with Crippen LogP contribution in [0.15, 0.2) is 59.7 Å². The monoisotopic (exact) mass is 423 g/mol. The molecule has 0 spiro atoms. The summed E-state index contributed by atoms with van der Waals surface area (Å²) >= 11 is 5.89. The zero-order valence-electron chi connectivity index (χ0n) is 16.2. The smallest absolute Gasteiger partial charge is 0.351 e. The Kier molecular flexibility index (Phi) is 5.37. The summed E-state index contributed by atoms with van der Waals surface area (Å²) in [6.07, 6.45) is 1.99. The van der Waals surface area contributed by atoms with Gasteiger partial charge in [0.05, 0.1) is 13.7 Å². The molecule has 1 aliphatic heterocycles. The summed E-state index contributed by atoms with van der Waals surface area (Å²) in [4.78, 5) is 42.0. The molecule has 4 rings (SSSR count). The van der Waals surface area contributed by atoms with E-state index in [2.05, 4.69) is 4.99 Å².